The summed E-state index contributed by atoms with van der Waals surface area (Å²) < 4.78 is 13.2. The Balaban J connectivity index is 1.80. The van der Waals surface area contributed by atoms with E-state index in [1.165, 1.54) is 18.6 Å². The Kier molecular flexibility index (Phi) is 6.79. The standard InChI is InChI=1S/C19H28FN3O/c1-15(2)8-9-22-10-12-23(13-11-22)17(4)24-21-16(3)18-6-5-7-19(20)14-18/h5-7,14-15H,4,8-13H2,1-3H3/b21-16+. The van der Waals surface area contributed by atoms with Crippen molar-refractivity contribution in [2.24, 2.45) is 11.1 Å². The molecule has 1 aliphatic heterocycles. The SMILES string of the molecule is C=C(O/N=C(\C)c1cccc(F)c1)N1CCN(CCC(C)C)CC1. The fourth-order valence-electron chi connectivity index (χ4n) is 2.61. The number of hydrogen-bond acceptors (Lipinski definition) is 4. The Morgan fingerprint density at radius 3 is 2.62 bits per heavy atom. The van der Waals surface area contributed by atoms with Crippen molar-refractivity contribution in [2.45, 2.75) is 27.2 Å². The van der Waals surface area contributed by atoms with Gasteiger partial charge in [-0.2, -0.15) is 0 Å². The zero-order valence-corrected chi connectivity index (χ0v) is 15.0. The van der Waals surface area contributed by atoms with Crippen molar-refractivity contribution in [1.82, 2.24) is 9.80 Å². The van der Waals surface area contributed by atoms with Crippen molar-refractivity contribution < 1.29 is 9.23 Å². The average Bonchev–Trinajstić information content (AvgIpc) is 2.58. The zero-order chi connectivity index (χ0) is 17.5. The van der Waals surface area contributed by atoms with E-state index in [1.807, 2.05) is 6.07 Å². The summed E-state index contributed by atoms with van der Waals surface area (Å²) in [7, 11) is 0. The van der Waals surface area contributed by atoms with Gasteiger partial charge in [0.2, 0.25) is 5.88 Å². The second-order valence-electron chi connectivity index (χ2n) is 6.68. The third-order valence-electron chi connectivity index (χ3n) is 4.28. The van der Waals surface area contributed by atoms with Gasteiger partial charge in [0.05, 0.1) is 5.71 Å². The van der Waals surface area contributed by atoms with Crippen molar-refractivity contribution in [3.8, 4) is 0 Å². The molecule has 5 heteroatoms. The molecule has 0 aliphatic carbocycles. The molecule has 0 aromatic heterocycles. The highest BCUT2D eigenvalue weighted by atomic mass is 19.1. The van der Waals surface area contributed by atoms with Crippen molar-refractivity contribution in [3.63, 3.8) is 0 Å². The first kappa shape index (κ1) is 18.5. The fraction of sp³-hybridized carbons (Fsp3) is 0.526. The maximum absolute atomic E-state index is 13.2. The molecule has 0 saturated carbocycles. The molecule has 0 spiro atoms. The van der Waals surface area contributed by atoms with Gasteiger partial charge in [-0.1, -0.05) is 31.1 Å². The molecular formula is C19H28FN3O. The maximum atomic E-state index is 13.2. The van der Waals surface area contributed by atoms with Crippen molar-refractivity contribution in [1.29, 1.82) is 0 Å². The van der Waals surface area contributed by atoms with Crippen LogP contribution in [0.4, 0.5) is 4.39 Å². The number of hydrogen-bond donors (Lipinski definition) is 0. The number of benzene rings is 1. The van der Waals surface area contributed by atoms with Crippen LogP contribution in [0.25, 0.3) is 0 Å². The molecule has 0 radical (unpaired) electrons. The lowest BCUT2D eigenvalue weighted by Crippen LogP contribution is -2.46. The third kappa shape index (κ3) is 5.64. The van der Waals surface area contributed by atoms with Crippen LogP contribution >= 0.6 is 0 Å². The number of piperazine rings is 1. The monoisotopic (exact) mass is 333 g/mol. The molecule has 2 rings (SSSR count). The van der Waals surface area contributed by atoms with Gasteiger partial charge in [-0.25, -0.2) is 4.39 Å². The van der Waals surface area contributed by atoms with Gasteiger partial charge >= 0.3 is 0 Å². The molecule has 0 amide bonds. The van der Waals surface area contributed by atoms with Crippen LogP contribution in [-0.4, -0.2) is 48.2 Å². The molecule has 0 bridgehead atoms. The number of nitrogens with zero attached hydrogens (tertiary/aromatic N) is 3. The van der Waals surface area contributed by atoms with Crippen LogP contribution in [0.5, 0.6) is 0 Å². The smallest absolute Gasteiger partial charge is 0.218 e. The van der Waals surface area contributed by atoms with Gasteiger partial charge in [-0.15, -0.1) is 0 Å². The van der Waals surface area contributed by atoms with E-state index >= 15 is 0 Å². The van der Waals surface area contributed by atoms with Gasteiger partial charge in [0, 0.05) is 31.7 Å². The van der Waals surface area contributed by atoms with Crippen LogP contribution in [0.2, 0.25) is 0 Å². The van der Waals surface area contributed by atoms with Gasteiger partial charge in [-0.3, -0.25) is 4.90 Å². The average molecular weight is 333 g/mol. The summed E-state index contributed by atoms with van der Waals surface area (Å²) in [4.78, 5) is 10.0. The van der Waals surface area contributed by atoms with Crippen LogP contribution < -0.4 is 0 Å². The van der Waals surface area contributed by atoms with E-state index in [-0.39, 0.29) is 5.82 Å². The quantitative estimate of drug-likeness (QED) is 0.433. The third-order valence-corrected chi connectivity index (χ3v) is 4.28. The molecule has 1 aromatic rings. The highest BCUT2D eigenvalue weighted by Crippen LogP contribution is 2.12. The Bertz CT molecular complexity index is 578. The van der Waals surface area contributed by atoms with E-state index in [1.54, 1.807) is 13.0 Å². The molecule has 0 atom stereocenters. The Morgan fingerprint density at radius 2 is 2.00 bits per heavy atom. The number of rotatable bonds is 7. The molecule has 4 nitrogen and oxygen atoms in total. The first-order valence-corrected chi connectivity index (χ1v) is 8.59. The van der Waals surface area contributed by atoms with E-state index in [9.17, 15) is 4.39 Å². The topological polar surface area (TPSA) is 28.1 Å². The summed E-state index contributed by atoms with van der Waals surface area (Å²) in [6.45, 7) is 15.2. The molecular weight excluding hydrogens is 305 g/mol. The van der Waals surface area contributed by atoms with Gasteiger partial charge < -0.3 is 9.74 Å². The molecule has 1 saturated heterocycles. The van der Waals surface area contributed by atoms with Crippen LogP contribution in [-0.2, 0) is 4.84 Å². The molecule has 0 unspecified atom stereocenters. The van der Waals surface area contributed by atoms with Gasteiger partial charge in [-0.05, 0) is 44.5 Å². The van der Waals surface area contributed by atoms with Crippen molar-refractivity contribution in [2.75, 3.05) is 32.7 Å². The summed E-state index contributed by atoms with van der Waals surface area (Å²) >= 11 is 0. The number of oxime groups is 1. The second-order valence-corrected chi connectivity index (χ2v) is 6.68. The summed E-state index contributed by atoms with van der Waals surface area (Å²) in [6, 6.07) is 6.32. The Hall–Kier alpha value is -1.88. The predicted molar refractivity (Wildman–Crippen MR) is 96.3 cm³/mol. The number of halogens is 1. The minimum Gasteiger partial charge on any atom is -0.339 e. The normalized spacial score (nSPS) is 16.5. The predicted octanol–water partition coefficient (Wildman–Crippen LogP) is 3.70. The zero-order valence-electron chi connectivity index (χ0n) is 15.0. The first-order valence-electron chi connectivity index (χ1n) is 8.59. The highest BCUT2D eigenvalue weighted by molar-refractivity contribution is 5.98. The molecule has 1 heterocycles. The maximum Gasteiger partial charge on any atom is 0.218 e. The van der Waals surface area contributed by atoms with Crippen LogP contribution in [0, 0.1) is 11.7 Å². The summed E-state index contributed by atoms with van der Waals surface area (Å²) in [5, 5.41) is 4.08. The van der Waals surface area contributed by atoms with E-state index in [0.717, 1.165) is 38.6 Å². The van der Waals surface area contributed by atoms with E-state index in [0.29, 0.717) is 17.2 Å². The highest BCUT2D eigenvalue weighted by Gasteiger charge is 2.18. The molecule has 0 N–H and O–H groups in total. The lowest BCUT2D eigenvalue weighted by molar-refractivity contribution is 0.0736. The van der Waals surface area contributed by atoms with Crippen molar-refractivity contribution >= 4 is 5.71 Å². The van der Waals surface area contributed by atoms with Gasteiger partial charge in [0.15, 0.2) is 0 Å². The Labute approximate surface area is 144 Å². The lowest BCUT2D eigenvalue weighted by atomic mass is 10.1. The van der Waals surface area contributed by atoms with E-state index in [2.05, 4.69) is 35.4 Å². The largest absolute Gasteiger partial charge is 0.339 e. The van der Waals surface area contributed by atoms with Gasteiger partial charge in [0.25, 0.3) is 0 Å². The fourth-order valence-corrected chi connectivity index (χ4v) is 2.61. The summed E-state index contributed by atoms with van der Waals surface area (Å²) in [6.07, 6.45) is 1.23. The Morgan fingerprint density at radius 1 is 1.29 bits per heavy atom. The van der Waals surface area contributed by atoms with E-state index in [4.69, 9.17) is 4.84 Å². The first-order chi connectivity index (χ1) is 11.5. The summed E-state index contributed by atoms with van der Waals surface area (Å²) in [5.74, 6) is 1.01. The molecule has 1 aromatic carbocycles. The molecule has 132 valence electrons. The minimum atomic E-state index is -0.279. The summed E-state index contributed by atoms with van der Waals surface area (Å²) in [5.41, 5.74) is 1.34. The molecule has 24 heavy (non-hydrogen) atoms. The van der Waals surface area contributed by atoms with Crippen LogP contribution in [0.1, 0.15) is 32.8 Å². The van der Waals surface area contributed by atoms with Gasteiger partial charge in [0.1, 0.15) is 5.82 Å². The lowest BCUT2D eigenvalue weighted by Gasteiger charge is -2.35. The van der Waals surface area contributed by atoms with Crippen molar-refractivity contribution in [3.05, 3.63) is 48.1 Å². The van der Waals surface area contributed by atoms with Crippen LogP contribution in [0.3, 0.4) is 0 Å². The molecule has 1 fully saturated rings. The second kappa shape index (κ2) is 8.83. The van der Waals surface area contributed by atoms with E-state index < -0.39 is 0 Å². The minimum absolute atomic E-state index is 0.279. The molecule has 1 aliphatic rings. The van der Waals surface area contributed by atoms with Crippen LogP contribution in [0.15, 0.2) is 41.9 Å².